The fourth-order valence-corrected chi connectivity index (χ4v) is 2.52. The van der Waals surface area contributed by atoms with Gasteiger partial charge in [-0.15, -0.1) is 24.0 Å². The van der Waals surface area contributed by atoms with Crippen molar-refractivity contribution in [3.63, 3.8) is 0 Å². The van der Waals surface area contributed by atoms with Crippen LogP contribution in [0.2, 0.25) is 0 Å². The Bertz CT molecular complexity index is 602. The molecule has 1 fully saturated rings. The van der Waals surface area contributed by atoms with E-state index in [0.29, 0.717) is 32.1 Å². The third-order valence-electron chi connectivity index (χ3n) is 3.99. The van der Waals surface area contributed by atoms with Crippen LogP contribution in [0.25, 0.3) is 0 Å². The van der Waals surface area contributed by atoms with Gasteiger partial charge < -0.3 is 20.1 Å². The molecule has 0 aromatic heterocycles. The first-order chi connectivity index (χ1) is 12.5. The summed E-state index contributed by atoms with van der Waals surface area (Å²) in [5, 5.41) is 5.56. The highest BCUT2D eigenvalue weighted by Crippen LogP contribution is 2.19. The van der Waals surface area contributed by atoms with Crippen molar-refractivity contribution in [1.29, 1.82) is 0 Å². The standard InChI is InChI=1S/C17H23F4N3O2.HI/c1-22-17(23-4-2-5-25-9-11-3-6-26-10-11)24-8-12-15(20)13(18)7-14(19)16(12)21;/h7,11H,2-6,8-10H2,1H3,(H2,22,23,24);1H. The van der Waals surface area contributed by atoms with Gasteiger partial charge in [-0.05, 0) is 12.8 Å². The average Bonchev–Trinajstić information content (AvgIpc) is 3.14. The molecule has 5 nitrogen and oxygen atoms in total. The monoisotopic (exact) mass is 505 g/mol. The molecule has 1 aromatic rings. The van der Waals surface area contributed by atoms with Gasteiger partial charge in [0.25, 0.3) is 0 Å². The van der Waals surface area contributed by atoms with E-state index >= 15 is 0 Å². The third-order valence-corrected chi connectivity index (χ3v) is 3.99. The Morgan fingerprint density at radius 2 is 1.93 bits per heavy atom. The van der Waals surface area contributed by atoms with E-state index in [2.05, 4.69) is 15.6 Å². The highest BCUT2D eigenvalue weighted by molar-refractivity contribution is 14.0. The van der Waals surface area contributed by atoms with Gasteiger partial charge >= 0.3 is 0 Å². The number of benzene rings is 1. The predicted molar refractivity (Wildman–Crippen MR) is 104 cm³/mol. The zero-order valence-electron chi connectivity index (χ0n) is 15.0. The summed E-state index contributed by atoms with van der Waals surface area (Å²) in [4.78, 5) is 3.89. The molecule has 2 rings (SSSR count). The third kappa shape index (κ3) is 7.41. The molecule has 1 saturated heterocycles. The summed E-state index contributed by atoms with van der Waals surface area (Å²) >= 11 is 0. The number of hydrogen-bond acceptors (Lipinski definition) is 3. The van der Waals surface area contributed by atoms with Crippen LogP contribution in [0.4, 0.5) is 17.6 Å². The van der Waals surface area contributed by atoms with Crippen LogP contribution in [-0.4, -0.2) is 46.0 Å². The molecule has 2 N–H and O–H groups in total. The average molecular weight is 505 g/mol. The largest absolute Gasteiger partial charge is 0.381 e. The van der Waals surface area contributed by atoms with Gasteiger partial charge in [-0.2, -0.15) is 0 Å². The number of aliphatic imine (C=N–C) groups is 1. The first-order valence-corrected chi connectivity index (χ1v) is 8.44. The fraction of sp³-hybridized carbons (Fsp3) is 0.588. The lowest BCUT2D eigenvalue weighted by Gasteiger charge is -2.13. The van der Waals surface area contributed by atoms with Crippen molar-refractivity contribution in [2.45, 2.75) is 19.4 Å². The van der Waals surface area contributed by atoms with E-state index in [4.69, 9.17) is 9.47 Å². The van der Waals surface area contributed by atoms with Crippen molar-refractivity contribution >= 4 is 29.9 Å². The summed E-state index contributed by atoms with van der Waals surface area (Å²) in [6.07, 6.45) is 1.72. The Morgan fingerprint density at radius 1 is 1.22 bits per heavy atom. The molecular formula is C17H24F4IN3O2. The van der Waals surface area contributed by atoms with E-state index in [1.54, 1.807) is 0 Å². The number of nitrogens with one attached hydrogen (secondary N) is 2. The van der Waals surface area contributed by atoms with Crippen molar-refractivity contribution in [3.05, 3.63) is 34.9 Å². The number of rotatable bonds is 8. The lowest BCUT2D eigenvalue weighted by molar-refractivity contribution is 0.0888. The minimum atomic E-state index is -1.44. The maximum Gasteiger partial charge on any atom is 0.191 e. The Balaban J connectivity index is 0.00000364. The molecule has 1 aliphatic heterocycles. The predicted octanol–water partition coefficient (Wildman–Crippen LogP) is 2.97. The number of guanidine groups is 1. The van der Waals surface area contributed by atoms with Gasteiger partial charge in [0, 0.05) is 50.9 Å². The van der Waals surface area contributed by atoms with Gasteiger partial charge in [0.05, 0.1) is 13.2 Å². The van der Waals surface area contributed by atoms with Crippen molar-refractivity contribution in [2.75, 3.05) is 40.0 Å². The van der Waals surface area contributed by atoms with E-state index in [0.717, 1.165) is 19.6 Å². The molecule has 0 radical (unpaired) electrons. The maximum atomic E-state index is 13.6. The maximum absolute atomic E-state index is 13.6. The number of ether oxygens (including phenoxy) is 2. The quantitative estimate of drug-likeness (QED) is 0.143. The van der Waals surface area contributed by atoms with Gasteiger partial charge in [-0.3, -0.25) is 4.99 Å². The van der Waals surface area contributed by atoms with Crippen LogP contribution in [0.5, 0.6) is 0 Å². The Labute approximate surface area is 172 Å². The fourth-order valence-electron chi connectivity index (χ4n) is 2.52. The highest BCUT2D eigenvalue weighted by Gasteiger charge is 2.19. The summed E-state index contributed by atoms with van der Waals surface area (Å²) in [5.74, 6) is -5.00. The highest BCUT2D eigenvalue weighted by atomic mass is 127. The molecule has 1 aliphatic rings. The van der Waals surface area contributed by atoms with Crippen LogP contribution in [-0.2, 0) is 16.0 Å². The number of hydrogen-bond donors (Lipinski definition) is 2. The van der Waals surface area contributed by atoms with E-state index in [9.17, 15) is 17.6 Å². The van der Waals surface area contributed by atoms with E-state index < -0.39 is 35.4 Å². The van der Waals surface area contributed by atoms with E-state index in [1.807, 2.05) is 0 Å². The smallest absolute Gasteiger partial charge is 0.191 e. The van der Waals surface area contributed by atoms with Crippen LogP contribution < -0.4 is 10.6 Å². The van der Waals surface area contributed by atoms with Crippen LogP contribution >= 0.6 is 24.0 Å². The van der Waals surface area contributed by atoms with Crippen LogP contribution in [0.15, 0.2) is 11.1 Å². The minimum Gasteiger partial charge on any atom is -0.381 e. The second kappa shape index (κ2) is 12.3. The molecule has 1 aromatic carbocycles. The second-order valence-electron chi connectivity index (χ2n) is 5.96. The zero-order chi connectivity index (χ0) is 18.9. The van der Waals surface area contributed by atoms with E-state index in [-0.39, 0.29) is 36.0 Å². The molecular weight excluding hydrogens is 481 g/mol. The van der Waals surface area contributed by atoms with Crippen LogP contribution in [0, 0.1) is 29.2 Å². The van der Waals surface area contributed by atoms with Crippen molar-refractivity contribution in [1.82, 2.24) is 10.6 Å². The molecule has 0 aliphatic carbocycles. The summed E-state index contributed by atoms with van der Waals surface area (Å²) in [6, 6.07) is 0.180. The first kappa shape index (κ1) is 23.9. The van der Waals surface area contributed by atoms with Crippen molar-refractivity contribution < 1.29 is 27.0 Å². The molecule has 1 heterocycles. The number of halogens is 5. The number of nitrogens with zero attached hydrogens (tertiary/aromatic N) is 1. The summed E-state index contributed by atoms with van der Waals surface area (Å²) in [7, 11) is 1.48. The van der Waals surface area contributed by atoms with Crippen LogP contribution in [0.3, 0.4) is 0 Å². The lowest BCUT2D eigenvalue weighted by Crippen LogP contribution is -2.38. The normalized spacial score (nSPS) is 16.9. The molecule has 0 saturated carbocycles. The summed E-state index contributed by atoms with van der Waals surface area (Å²) in [5.41, 5.74) is -0.715. The van der Waals surface area contributed by atoms with Gasteiger partial charge in [-0.25, -0.2) is 17.6 Å². The molecule has 27 heavy (non-hydrogen) atoms. The Hall–Kier alpha value is -1.14. The van der Waals surface area contributed by atoms with Crippen molar-refractivity contribution in [2.24, 2.45) is 10.9 Å². The lowest BCUT2D eigenvalue weighted by atomic mass is 10.1. The van der Waals surface area contributed by atoms with E-state index in [1.165, 1.54) is 7.05 Å². The second-order valence-corrected chi connectivity index (χ2v) is 5.96. The summed E-state index contributed by atoms with van der Waals surface area (Å²) < 4.78 is 64.4. The minimum absolute atomic E-state index is 0. The Kier molecular flexibility index (Phi) is 10.9. The molecule has 154 valence electrons. The molecule has 0 bridgehead atoms. The molecule has 1 atom stereocenters. The summed E-state index contributed by atoms with van der Waals surface area (Å²) in [6.45, 7) is 2.82. The molecule has 0 amide bonds. The van der Waals surface area contributed by atoms with Crippen LogP contribution in [0.1, 0.15) is 18.4 Å². The first-order valence-electron chi connectivity index (χ1n) is 8.44. The molecule has 1 unspecified atom stereocenters. The molecule has 0 spiro atoms. The SMILES string of the molecule is CN=C(NCCCOCC1CCOC1)NCc1c(F)c(F)cc(F)c1F.I. The van der Waals surface area contributed by atoms with Crippen molar-refractivity contribution in [3.8, 4) is 0 Å². The van der Waals surface area contributed by atoms with Gasteiger partial charge in [0.2, 0.25) is 0 Å². The molecule has 10 heteroatoms. The Morgan fingerprint density at radius 3 is 2.52 bits per heavy atom. The topological polar surface area (TPSA) is 54.9 Å². The zero-order valence-corrected chi connectivity index (χ0v) is 17.3. The van der Waals surface area contributed by atoms with Gasteiger partial charge in [0.15, 0.2) is 29.2 Å². The van der Waals surface area contributed by atoms with Gasteiger partial charge in [-0.1, -0.05) is 0 Å². The van der Waals surface area contributed by atoms with Gasteiger partial charge in [0.1, 0.15) is 0 Å².